The average molecular weight is 211 g/mol. The lowest BCUT2D eigenvalue weighted by Gasteiger charge is -2.12. The van der Waals surface area contributed by atoms with Crippen LogP contribution < -0.4 is 5.32 Å². The molecular weight excluding hydrogens is 198 g/mol. The van der Waals surface area contributed by atoms with E-state index in [1.165, 1.54) is 4.88 Å². The van der Waals surface area contributed by atoms with Gasteiger partial charge in [-0.3, -0.25) is 10.1 Å². The van der Waals surface area contributed by atoms with Gasteiger partial charge in [0.1, 0.15) is 6.04 Å². The summed E-state index contributed by atoms with van der Waals surface area (Å²) in [4.78, 5) is 12.1. The molecule has 1 atom stereocenters. The van der Waals surface area contributed by atoms with Crippen LogP contribution in [-0.2, 0) is 11.3 Å². The summed E-state index contributed by atoms with van der Waals surface area (Å²) in [6, 6.07) is 3.65. The number of hydrogen-bond acceptors (Lipinski definition) is 3. The van der Waals surface area contributed by atoms with Crippen molar-refractivity contribution in [2.45, 2.75) is 25.4 Å². The molecule has 14 heavy (non-hydrogen) atoms. The highest BCUT2D eigenvalue weighted by atomic mass is 32.1. The molecule has 3 nitrogen and oxygen atoms in total. The average Bonchev–Trinajstić information content (AvgIpc) is 2.82. The Morgan fingerprint density at radius 1 is 1.71 bits per heavy atom. The summed E-state index contributed by atoms with van der Waals surface area (Å²) in [6.45, 7) is 0.672. The molecule has 2 N–H and O–H groups in total. The number of hydrogen-bond donors (Lipinski definition) is 2. The van der Waals surface area contributed by atoms with Gasteiger partial charge in [-0.25, -0.2) is 0 Å². The van der Waals surface area contributed by atoms with Crippen molar-refractivity contribution < 1.29 is 9.90 Å². The summed E-state index contributed by atoms with van der Waals surface area (Å²) in [5.74, 6) is -0.364. The SMILES string of the molecule is O=C(O)C(NCc1cccs1)C1CC1. The van der Waals surface area contributed by atoms with Gasteiger partial charge in [0.15, 0.2) is 0 Å². The predicted octanol–water partition coefficient (Wildman–Crippen LogP) is 1.70. The van der Waals surface area contributed by atoms with Crippen LogP contribution in [0.5, 0.6) is 0 Å². The molecule has 0 aliphatic heterocycles. The summed E-state index contributed by atoms with van der Waals surface area (Å²) < 4.78 is 0. The van der Waals surface area contributed by atoms with E-state index < -0.39 is 5.97 Å². The maximum atomic E-state index is 10.9. The number of nitrogens with one attached hydrogen (secondary N) is 1. The molecule has 0 radical (unpaired) electrons. The Labute approximate surface area is 86.8 Å². The van der Waals surface area contributed by atoms with Crippen molar-refractivity contribution in [1.82, 2.24) is 5.32 Å². The molecule has 0 saturated heterocycles. The number of carboxylic acids is 1. The van der Waals surface area contributed by atoms with Gasteiger partial charge in [-0.15, -0.1) is 11.3 Å². The Bertz CT molecular complexity index is 306. The highest BCUT2D eigenvalue weighted by Gasteiger charge is 2.35. The minimum absolute atomic E-state index is 0.350. The molecule has 1 aromatic rings. The lowest BCUT2D eigenvalue weighted by atomic mass is 10.2. The first-order valence-corrected chi connectivity index (χ1v) is 5.64. The van der Waals surface area contributed by atoms with Gasteiger partial charge in [0, 0.05) is 11.4 Å². The zero-order chi connectivity index (χ0) is 9.97. The fourth-order valence-corrected chi connectivity index (χ4v) is 2.16. The largest absolute Gasteiger partial charge is 0.480 e. The van der Waals surface area contributed by atoms with E-state index in [2.05, 4.69) is 5.32 Å². The standard InChI is InChI=1S/C10H13NO2S/c12-10(13)9(7-3-4-7)11-6-8-2-1-5-14-8/h1-2,5,7,9,11H,3-4,6H2,(H,12,13). The summed E-state index contributed by atoms with van der Waals surface area (Å²) in [6.07, 6.45) is 2.10. The molecule has 2 rings (SSSR count). The van der Waals surface area contributed by atoms with Crippen LogP contribution in [0.4, 0.5) is 0 Å². The van der Waals surface area contributed by atoms with Crippen LogP contribution in [0.15, 0.2) is 17.5 Å². The minimum atomic E-state index is -0.718. The lowest BCUT2D eigenvalue weighted by Crippen LogP contribution is -2.37. The molecule has 1 fully saturated rings. The number of carbonyl (C=O) groups is 1. The van der Waals surface area contributed by atoms with Crippen molar-refractivity contribution >= 4 is 17.3 Å². The summed E-state index contributed by atoms with van der Waals surface area (Å²) in [7, 11) is 0. The van der Waals surface area contributed by atoms with Crippen LogP contribution in [0.1, 0.15) is 17.7 Å². The van der Waals surface area contributed by atoms with Gasteiger partial charge in [-0.2, -0.15) is 0 Å². The highest BCUT2D eigenvalue weighted by molar-refractivity contribution is 7.09. The molecule has 0 amide bonds. The number of thiophene rings is 1. The maximum absolute atomic E-state index is 10.9. The topological polar surface area (TPSA) is 49.3 Å². The smallest absolute Gasteiger partial charge is 0.320 e. The summed E-state index contributed by atoms with van der Waals surface area (Å²) in [5, 5.41) is 14.1. The second-order valence-corrected chi connectivity index (χ2v) is 4.65. The third-order valence-corrected chi connectivity index (χ3v) is 3.31. The maximum Gasteiger partial charge on any atom is 0.320 e. The molecule has 1 unspecified atom stereocenters. The van der Waals surface area contributed by atoms with E-state index in [-0.39, 0.29) is 6.04 Å². The zero-order valence-electron chi connectivity index (χ0n) is 7.77. The van der Waals surface area contributed by atoms with Crippen LogP contribution in [0.25, 0.3) is 0 Å². The molecule has 1 aromatic heterocycles. The summed E-state index contributed by atoms with van der Waals surface area (Å²) in [5.41, 5.74) is 0. The van der Waals surface area contributed by atoms with Crippen molar-refractivity contribution in [2.24, 2.45) is 5.92 Å². The van der Waals surface area contributed by atoms with Crippen molar-refractivity contribution in [3.8, 4) is 0 Å². The van der Waals surface area contributed by atoms with Crippen molar-refractivity contribution in [3.05, 3.63) is 22.4 Å². The van der Waals surface area contributed by atoms with Gasteiger partial charge < -0.3 is 5.11 Å². The van der Waals surface area contributed by atoms with Crippen LogP contribution >= 0.6 is 11.3 Å². The number of aliphatic carboxylic acids is 1. The van der Waals surface area contributed by atoms with Crippen molar-refractivity contribution in [1.29, 1.82) is 0 Å². The number of rotatable bonds is 5. The Morgan fingerprint density at radius 2 is 2.50 bits per heavy atom. The minimum Gasteiger partial charge on any atom is -0.480 e. The van der Waals surface area contributed by atoms with Crippen LogP contribution in [0.2, 0.25) is 0 Å². The Morgan fingerprint density at radius 3 is 3.00 bits per heavy atom. The Hall–Kier alpha value is -0.870. The molecule has 1 heterocycles. The van der Waals surface area contributed by atoms with Crippen LogP contribution in [0, 0.1) is 5.92 Å². The van der Waals surface area contributed by atoms with Crippen molar-refractivity contribution in [3.63, 3.8) is 0 Å². The van der Waals surface area contributed by atoms with E-state index in [0.29, 0.717) is 12.5 Å². The molecule has 0 bridgehead atoms. The van der Waals surface area contributed by atoms with Crippen molar-refractivity contribution in [2.75, 3.05) is 0 Å². The van der Waals surface area contributed by atoms with E-state index >= 15 is 0 Å². The normalized spacial score (nSPS) is 18.0. The van der Waals surface area contributed by atoms with Gasteiger partial charge in [-0.05, 0) is 30.2 Å². The highest BCUT2D eigenvalue weighted by Crippen LogP contribution is 2.32. The molecular formula is C10H13NO2S. The first-order valence-electron chi connectivity index (χ1n) is 4.76. The number of carboxylic acid groups (broad SMARTS) is 1. The fraction of sp³-hybridized carbons (Fsp3) is 0.500. The predicted molar refractivity (Wildman–Crippen MR) is 55.3 cm³/mol. The molecule has 0 aromatic carbocycles. The quantitative estimate of drug-likeness (QED) is 0.779. The monoisotopic (exact) mass is 211 g/mol. The lowest BCUT2D eigenvalue weighted by molar-refractivity contribution is -0.140. The van der Waals surface area contributed by atoms with E-state index in [9.17, 15) is 4.79 Å². The van der Waals surface area contributed by atoms with Crippen LogP contribution in [0.3, 0.4) is 0 Å². The Balaban J connectivity index is 1.85. The van der Waals surface area contributed by atoms with Gasteiger partial charge in [0.05, 0.1) is 0 Å². The second-order valence-electron chi connectivity index (χ2n) is 3.61. The molecule has 0 spiro atoms. The molecule has 76 valence electrons. The first-order chi connectivity index (χ1) is 6.77. The zero-order valence-corrected chi connectivity index (χ0v) is 8.59. The first kappa shape index (κ1) is 9.68. The van der Waals surface area contributed by atoms with Crippen LogP contribution in [-0.4, -0.2) is 17.1 Å². The molecule has 1 aliphatic rings. The van der Waals surface area contributed by atoms with Gasteiger partial charge in [0.25, 0.3) is 0 Å². The van der Waals surface area contributed by atoms with E-state index in [1.54, 1.807) is 11.3 Å². The van der Waals surface area contributed by atoms with E-state index in [4.69, 9.17) is 5.11 Å². The Kier molecular flexibility index (Phi) is 2.84. The van der Waals surface area contributed by atoms with E-state index in [0.717, 1.165) is 12.8 Å². The van der Waals surface area contributed by atoms with Gasteiger partial charge in [0.2, 0.25) is 0 Å². The van der Waals surface area contributed by atoms with Gasteiger partial charge in [-0.1, -0.05) is 6.07 Å². The molecule has 1 saturated carbocycles. The molecule has 1 aliphatic carbocycles. The summed E-state index contributed by atoms with van der Waals surface area (Å²) >= 11 is 1.65. The third kappa shape index (κ3) is 2.33. The fourth-order valence-electron chi connectivity index (χ4n) is 1.51. The molecule has 4 heteroatoms. The second kappa shape index (κ2) is 4.11. The van der Waals surface area contributed by atoms with Gasteiger partial charge >= 0.3 is 5.97 Å². The third-order valence-electron chi connectivity index (χ3n) is 2.44. The van der Waals surface area contributed by atoms with E-state index in [1.807, 2.05) is 17.5 Å².